The van der Waals surface area contributed by atoms with E-state index in [1.54, 1.807) is 18.9 Å². The molecule has 13 heavy (non-hydrogen) atoms. The van der Waals surface area contributed by atoms with Gasteiger partial charge in [-0.3, -0.25) is 0 Å². The van der Waals surface area contributed by atoms with Crippen LogP contribution in [0.2, 0.25) is 0 Å². The summed E-state index contributed by atoms with van der Waals surface area (Å²) in [6.07, 6.45) is 0.886. The first kappa shape index (κ1) is 13.2. The Labute approximate surface area is 85.2 Å². The van der Waals surface area contributed by atoms with Crippen LogP contribution >= 0.6 is 11.8 Å². The summed E-state index contributed by atoms with van der Waals surface area (Å²) in [4.78, 5) is 0. The van der Waals surface area contributed by atoms with Gasteiger partial charge in [-0.2, -0.15) is 11.8 Å². The van der Waals surface area contributed by atoms with E-state index in [1.165, 1.54) is 0 Å². The Kier molecular flexibility index (Phi) is 10.5. The molecule has 0 aliphatic rings. The summed E-state index contributed by atoms with van der Waals surface area (Å²) in [6.45, 7) is 4.57. The molecule has 0 fully saturated rings. The first-order chi connectivity index (χ1) is 6.31. The Morgan fingerprint density at radius 2 is 2.31 bits per heavy atom. The van der Waals surface area contributed by atoms with Crippen molar-refractivity contribution in [2.24, 2.45) is 0 Å². The number of ether oxygens (including phenoxy) is 1. The molecule has 0 saturated carbocycles. The van der Waals surface area contributed by atoms with E-state index in [9.17, 15) is 5.11 Å². The highest BCUT2D eigenvalue weighted by atomic mass is 32.2. The smallest absolute Gasteiger partial charge is 0.0754 e. The number of nitrogens with one attached hydrogen (secondary N) is 1. The molecular formula is C9H21NO2S. The van der Waals surface area contributed by atoms with Crippen LogP contribution in [0.5, 0.6) is 0 Å². The van der Waals surface area contributed by atoms with Crippen molar-refractivity contribution < 1.29 is 9.84 Å². The standard InChI is InChI=1S/C9H21NO2S/c1-3-4-10-7-9(11)8-13-6-5-12-2/h9-11H,3-8H2,1-2H3. The molecule has 0 aromatic heterocycles. The van der Waals surface area contributed by atoms with E-state index in [0.29, 0.717) is 6.54 Å². The number of aliphatic hydroxyl groups excluding tert-OH is 1. The summed E-state index contributed by atoms with van der Waals surface area (Å²) in [7, 11) is 1.69. The van der Waals surface area contributed by atoms with Crippen molar-refractivity contribution in [3.63, 3.8) is 0 Å². The van der Waals surface area contributed by atoms with Crippen molar-refractivity contribution in [3.8, 4) is 0 Å². The predicted octanol–water partition coefficient (Wildman–Crippen LogP) is 0.727. The van der Waals surface area contributed by atoms with Crippen LogP contribution in [-0.4, -0.2) is 49.5 Å². The molecule has 1 atom stereocenters. The van der Waals surface area contributed by atoms with Gasteiger partial charge in [-0.05, 0) is 13.0 Å². The van der Waals surface area contributed by atoms with E-state index in [2.05, 4.69) is 12.2 Å². The summed E-state index contributed by atoms with van der Waals surface area (Å²) in [5, 5.41) is 12.6. The van der Waals surface area contributed by atoms with Gasteiger partial charge in [-0.25, -0.2) is 0 Å². The second-order valence-corrected chi connectivity index (χ2v) is 4.08. The highest BCUT2D eigenvalue weighted by molar-refractivity contribution is 7.99. The fraction of sp³-hybridized carbons (Fsp3) is 1.00. The Morgan fingerprint density at radius 3 is 2.92 bits per heavy atom. The quantitative estimate of drug-likeness (QED) is 0.547. The molecule has 0 spiro atoms. The summed E-state index contributed by atoms with van der Waals surface area (Å²) in [5.74, 6) is 1.75. The molecule has 0 aliphatic carbocycles. The van der Waals surface area contributed by atoms with Crippen LogP contribution < -0.4 is 5.32 Å². The molecule has 1 unspecified atom stereocenters. The molecule has 0 bridgehead atoms. The van der Waals surface area contributed by atoms with Gasteiger partial charge in [0.05, 0.1) is 12.7 Å². The number of thioether (sulfide) groups is 1. The molecule has 0 saturated heterocycles. The highest BCUT2D eigenvalue weighted by Crippen LogP contribution is 2.01. The number of rotatable bonds is 9. The van der Waals surface area contributed by atoms with E-state index in [4.69, 9.17) is 4.74 Å². The fourth-order valence-corrected chi connectivity index (χ4v) is 1.71. The van der Waals surface area contributed by atoms with E-state index in [-0.39, 0.29) is 6.10 Å². The second kappa shape index (κ2) is 10.3. The van der Waals surface area contributed by atoms with Crippen molar-refractivity contribution in [2.45, 2.75) is 19.4 Å². The lowest BCUT2D eigenvalue weighted by atomic mass is 10.4. The first-order valence-electron chi connectivity index (χ1n) is 4.76. The van der Waals surface area contributed by atoms with Gasteiger partial charge < -0.3 is 15.2 Å². The highest BCUT2D eigenvalue weighted by Gasteiger charge is 2.02. The zero-order chi connectivity index (χ0) is 9.94. The number of hydrogen-bond acceptors (Lipinski definition) is 4. The minimum Gasteiger partial charge on any atom is -0.391 e. The normalized spacial score (nSPS) is 13.2. The van der Waals surface area contributed by atoms with Crippen molar-refractivity contribution in [2.75, 3.05) is 38.3 Å². The number of methoxy groups -OCH3 is 1. The van der Waals surface area contributed by atoms with Crippen LogP contribution in [0.25, 0.3) is 0 Å². The van der Waals surface area contributed by atoms with E-state index in [0.717, 1.165) is 31.1 Å². The lowest BCUT2D eigenvalue weighted by molar-refractivity contribution is 0.195. The molecule has 2 N–H and O–H groups in total. The van der Waals surface area contributed by atoms with Crippen molar-refractivity contribution in [3.05, 3.63) is 0 Å². The zero-order valence-electron chi connectivity index (χ0n) is 8.58. The maximum atomic E-state index is 9.45. The van der Waals surface area contributed by atoms with Gasteiger partial charge in [0.15, 0.2) is 0 Å². The SMILES string of the molecule is CCCNCC(O)CSCCOC. The van der Waals surface area contributed by atoms with Gasteiger partial charge in [0.2, 0.25) is 0 Å². The minimum atomic E-state index is -0.228. The Morgan fingerprint density at radius 1 is 1.54 bits per heavy atom. The van der Waals surface area contributed by atoms with Crippen LogP contribution in [0.3, 0.4) is 0 Å². The summed E-state index contributed by atoms with van der Waals surface area (Å²) in [5.41, 5.74) is 0. The largest absolute Gasteiger partial charge is 0.391 e. The lowest BCUT2D eigenvalue weighted by Gasteiger charge is -2.10. The Bertz CT molecular complexity index is 104. The predicted molar refractivity (Wildman–Crippen MR) is 58.4 cm³/mol. The van der Waals surface area contributed by atoms with Crippen molar-refractivity contribution in [1.82, 2.24) is 5.32 Å². The van der Waals surface area contributed by atoms with Gasteiger partial charge in [0, 0.05) is 25.2 Å². The molecule has 0 aromatic rings. The third-order valence-corrected chi connectivity index (χ3v) is 2.62. The summed E-state index contributed by atoms with van der Waals surface area (Å²) < 4.78 is 4.90. The zero-order valence-corrected chi connectivity index (χ0v) is 9.40. The Balaban J connectivity index is 3.05. The molecule has 0 amide bonds. The van der Waals surface area contributed by atoms with Crippen LogP contribution in [0, 0.1) is 0 Å². The third kappa shape index (κ3) is 10.1. The first-order valence-corrected chi connectivity index (χ1v) is 5.92. The van der Waals surface area contributed by atoms with Gasteiger partial charge in [-0.1, -0.05) is 6.92 Å². The molecule has 0 radical (unpaired) electrons. The van der Waals surface area contributed by atoms with Crippen molar-refractivity contribution in [1.29, 1.82) is 0 Å². The number of aliphatic hydroxyl groups is 1. The molecule has 3 nitrogen and oxygen atoms in total. The van der Waals surface area contributed by atoms with E-state index in [1.807, 2.05) is 0 Å². The molecule has 0 rings (SSSR count). The van der Waals surface area contributed by atoms with Gasteiger partial charge in [0.1, 0.15) is 0 Å². The molecule has 0 heterocycles. The monoisotopic (exact) mass is 207 g/mol. The maximum absolute atomic E-state index is 9.45. The van der Waals surface area contributed by atoms with E-state index < -0.39 is 0 Å². The third-order valence-electron chi connectivity index (χ3n) is 1.55. The molecule has 0 aliphatic heterocycles. The Hall–Kier alpha value is 0.230. The fourth-order valence-electron chi connectivity index (χ4n) is 0.866. The van der Waals surface area contributed by atoms with Crippen LogP contribution in [0.15, 0.2) is 0 Å². The summed E-state index contributed by atoms with van der Waals surface area (Å²) >= 11 is 1.73. The van der Waals surface area contributed by atoms with Crippen LogP contribution in [-0.2, 0) is 4.74 Å². The average molecular weight is 207 g/mol. The maximum Gasteiger partial charge on any atom is 0.0754 e. The molecule has 80 valence electrons. The average Bonchev–Trinajstić information content (AvgIpc) is 2.13. The lowest BCUT2D eigenvalue weighted by Crippen LogP contribution is -2.29. The second-order valence-electron chi connectivity index (χ2n) is 2.93. The van der Waals surface area contributed by atoms with Crippen LogP contribution in [0.4, 0.5) is 0 Å². The topological polar surface area (TPSA) is 41.5 Å². The molecule has 0 aromatic carbocycles. The molecular weight excluding hydrogens is 186 g/mol. The summed E-state index contributed by atoms with van der Waals surface area (Å²) in [6, 6.07) is 0. The van der Waals surface area contributed by atoms with Gasteiger partial charge >= 0.3 is 0 Å². The van der Waals surface area contributed by atoms with E-state index >= 15 is 0 Å². The van der Waals surface area contributed by atoms with Crippen molar-refractivity contribution >= 4 is 11.8 Å². The van der Waals surface area contributed by atoms with Crippen LogP contribution in [0.1, 0.15) is 13.3 Å². The minimum absolute atomic E-state index is 0.228. The number of hydrogen-bond donors (Lipinski definition) is 2. The van der Waals surface area contributed by atoms with Gasteiger partial charge in [-0.15, -0.1) is 0 Å². The molecule has 4 heteroatoms. The van der Waals surface area contributed by atoms with Gasteiger partial charge in [0.25, 0.3) is 0 Å².